The van der Waals surface area contributed by atoms with E-state index in [0.29, 0.717) is 12.6 Å². The molecule has 18 heavy (non-hydrogen) atoms. The Kier molecular flexibility index (Phi) is 3.75. The van der Waals surface area contributed by atoms with E-state index in [4.69, 9.17) is 9.47 Å². The molecule has 0 aromatic heterocycles. The highest BCUT2D eigenvalue weighted by atomic mass is 16.5. The Morgan fingerprint density at radius 1 is 1.22 bits per heavy atom. The van der Waals surface area contributed by atoms with Gasteiger partial charge in [0.05, 0.1) is 14.2 Å². The van der Waals surface area contributed by atoms with Crippen molar-refractivity contribution in [2.24, 2.45) is 0 Å². The number of rotatable bonds is 5. The molecule has 1 aromatic carbocycles. The first-order valence-corrected chi connectivity index (χ1v) is 6.13. The van der Waals surface area contributed by atoms with Gasteiger partial charge in [-0.05, 0) is 30.5 Å². The zero-order chi connectivity index (χ0) is 13.1. The molecule has 4 heteroatoms. The number of amides is 1. The van der Waals surface area contributed by atoms with Crippen molar-refractivity contribution < 1.29 is 14.3 Å². The van der Waals surface area contributed by atoms with Crippen molar-refractivity contribution in [2.45, 2.75) is 32.4 Å². The minimum atomic E-state index is 0.124. The largest absolute Gasteiger partial charge is 0.497 e. The Balaban J connectivity index is 2.18. The van der Waals surface area contributed by atoms with Crippen LogP contribution in [0.1, 0.15) is 25.3 Å². The van der Waals surface area contributed by atoms with Gasteiger partial charge in [0.2, 0.25) is 5.91 Å². The molecule has 4 nitrogen and oxygen atoms in total. The highest BCUT2D eigenvalue weighted by Gasteiger charge is 2.30. The number of carbonyl (C=O) groups is 1. The third-order valence-electron chi connectivity index (χ3n) is 3.16. The van der Waals surface area contributed by atoms with Crippen LogP contribution in [0.25, 0.3) is 0 Å². The molecule has 1 amide bonds. The van der Waals surface area contributed by atoms with Gasteiger partial charge in [-0.1, -0.05) is 0 Å². The van der Waals surface area contributed by atoms with Gasteiger partial charge in [-0.15, -0.1) is 0 Å². The average Bonchev–Trinajstić information content (AvgIpc) is 3.19. The molecule has 1 fully saturated rings. The van der Waals surface area contributed by atoms with Crippen LogP contribution in [0.3, 0.4) is 0 Å². The lowest BCUT2D eigenvalue weighted by atomic mass is 10.2. The summed E-state index contributed by atoms with van der Waals surface area (Å²) in [6, 6.07) is 6.14. The molecule has 0 N–H and O–H groups in total. The summed E-state index contributed by atoms with van der Waals surface area (Å²) in [5.74, 6) is 1.63. The molecule has 0 radical (unpaired) electrons. The molecule has 0 saturated heterocycles. The van der Waals surface area contributed by atoms with Gasteiger partial charge >= 0.3 is 0 Å². The number of hydrogen-bond donors (Lipinski definition) is 0. The molecule has 0 unspecified atom stereocenters. The van der Waals surface area contributed by atoms with Gasteiger partial charge in [0.25, 0.3) is 0 Å². The van der Waals surface area contributed by atoms with Crippen molar-refractivity contribution in [3.63, 3.8) is 0 Å². The van der Waals surface area contributed by atoms with E-state index in [9.17, 15) is 4.79 Å². The fraction of sp³-hybridized carbons (Fsp3) is 0.500. The van der Waals surface area contributed by atoms with Gasteiger partial charge in [0, 0.05) is 25.6 Å². The Morgan fingerprint density at radius 3 is 2.17 bits per heavy atom. The van der Waals surface area contributed by atoms with Crippen LogP contribution in [0.5, 0.6) is 11.5 Å². The molecule has 2 rings (SSSR count). The van der Waals surface area contributed by atoms with Crippen molar-refractivity contribution >= 4 is 5.91 Å². The topological polar surface area (TPSA) is 38.8 Å². The number of benzene rings is 1. The second kappa shape index (κ2) is 5.29. The summed E-state index contributed by atoms with van der Waals surface area (Å²) in [6.07, 6.45) is 2.22. The van der Waals surface area contributed by atoms with Gasteiger partial charge < -0.3 is 14.4 Å². The van der Waals surface area contributed by atoms with Crippen molar-refractivity contribution in [1.82, 2.24) is 4.90 Å². The first kappa shape index (κ1) is 12.7. The zero-order valence-corrected chi connectivity index (χ0v) is 11.1. The Bertz CT molecular complexity index is 418. The van der Waals surface area contributed by atoms with Crippen LogP contribution in [0.15, 0.2) is 18.2 Å². The minimum Gasteiger partial charge on any atom is -0.497 e. The molecule has 0 bridgehead atoms. The molecule has 98 valence electrons. The maximum Gasteiger partial charge on any atom is 0.219 e. The predicted octanol–water partition coefficient (Wildman–Crippen LogP) is 2.21. The van der Waals surface area contributed by atoms with E-state index in [0.717, 1.165) is 29.9 Å². The van der Waals surface area contributed by atoms with Gasteiger partial charge in [-0.25, -0.2) is 0 Å². The minimum absolute atomic E-state index is 0.124. The maximum absolute atomic E-state index is 11.6. The molecule has 0 aliphatic heterocycles. The first-order valence-electron chi connectivity index (χ1n) is 6.13. The number of nitrogens with zero attached hydrogens (tertiary/aromatic N) is 1. The van der Waals surface area contributed by atoms with Crippen molar-refractivity contribution in [1.29, 1.82) is 0 Å². The Hall–Kier alpha value is -1.71. The fourth-order valence-corrected chi connectivity index (χ4v) is 2.04. The van der Waals surface area contributed by atoms with Crippen molar-refractivity contribution in [3.8, 4) is 11.5 Å². The van der Waals surface area contributed by atoms with Crippen LogP contribution >= 0.6 is 0 Å². The lowest BCUT2D eigenvalue weighted by Gasteiger charge is -2.21. The Labute approximate surface area is 107 Å². The van der Waals surface area contributed by atoms with Gasteiger partial charge in [0.1, 0.15) is 11.5 Å². The van der Waals surface area contributed by atoms with Crippen LogP contribution in [-0.4, -0.2) is 31.1 Å². The van der Waals surface area contributed by atoms with E-state index in [-0.39, 0.29) is 5.91 Å². The molecule has 0 atom stereocenters. The lowest BCUT2D eigenvalue weighted by molar-refractivity contribution is -0.130. The number of methoxy groups -OCH3 is 2. The summed E-state index contributed by atoms with van der Waals surface area (Å²) >= 11 is 0. The van der Waals surface area contributed by atoms with Crippen molar-refractivity contribution in [2.75, 3.05) is 14.2 Å². The van der Waals surface area contributed by atoms with E-state index in [1.54, 1.807) is 21.1 Å². The van der Waals surface area contributed by atoms with Crippen LogP contribution in [-0.2, 0) is 11.3 Å². The normalized spacial score (nSPS) is 14.2. The zero-order valence-electron chi connectivity index (χ0n) is 11.1. The lowest BCUT2D eigenvalue weighted by Crippen LogP contribution is -2.30. The fourth-order valence-electron chi connectivity index (χ4n) is 2.04. The quantitative estimate of drug-likeness (QED) is 0.803. The van der Waals surface area contributed by atoms with E-state index in [1.807, 2.05) is 23.1 Å². The van der Waals surface area contributed by atoms with E-state index in [1.165, 1.54) is 0 Å². The number of ether oxygens (including phenoxy) is 2. The molecule has 1 aliphatic carbocycles. The molecule has 1 aromatic rings. The molecule has 0 heterocycles. The first-order chi connectivity index (χ1) is 8.63. The maximum atomic E-state index is 11.6. The van der Waals surface area contributed by atoms with Crippen LogP contribution in [0, 0.1) is 0 Å². The van der Waals surface area contributed by atoms with E-state index in [2.05, 4.69) is 0 Å². The average molecular weight is 249 g/mol. The summed E-state index contributed by atoms with van der Waals surface area (Å²) in [7, 11) is 3.25. The summed E-state index contributed by atoms with van der Waals surface area (Å²) in [5, 5.41) is 0. The van der Waals surface area contributed by atoms with Crippen LogP contribution in [0.2, 0.25) is 0 Å². The molecular formula is C14H19NO3. The highest BCUT2D eigenvalue weighted by molar-refractivity contribution is 5.74. The van der Waals surface area contributed by atoms with Gasteiger partial charge in [-0.2, -0.15) is 0 Å². The molecule has 1 saturated carbocycles. The number of carbonyl (C=O) groups excluding carboxylic acids is 1. The molecule has 0 spiro atoms. The third kappa shape index (κ3) is 2.94. The number of hydrogen-bond acceptors (Lipinski definition) is 3. The summed E-state index contributed by atoms with van der Waals surface area (Å²) < 4.78 is 10.5. The van der Waals surface area contributed by atoms with E-state index >= 15 is 0 Å². The van der Waals surface area contributed by atoms with Gasteiger partial charge in [0.15, 0.2) is 0 Å². The smallest absolute Gasteiger partial charge is 0.219 e. The SMILES string of the molecule is COc1cc(CN(C(C)=O)C2CC2)cc(OC)c1. The third-order valence-corrected chi connectivity index (χ3v) is 3.16. The van der Waals surface area contributed by atoms with E-state index < -0.39 is 0 Å². The molecule has 1 aliphatic rings. The van der Waals surface area contributed by atoms with Crippen molar-refractivity contribution in [3.05, 3.63) is 23.8 Å². The highest BCUT2D eigenvalue weighted by Crippen LogP contribution is 2.30. The standard InChI is InChI=1S/C14H19NO3/c1-10(16)15(12-4-5-12)9-11-6-13(17-2)8-14(7-11)18-3/h6-8,12H,4-5,9H2,1-3H3. The predicted molar refractivity (Wildman–Crippen MR) is 68.8 cm³/mol. The summed E-state index contributed by atoms with van der Waals surface area (Å²) in [6.45, 7) is 2.24. The summed E-state index contributed by atoms with van der Waals surface area (Å²) in [5.41, 5.74) is 1.04. The monoisotopic (exact) mass is 249 g/mol. The second-order valence-corrected chi connectivity index (χ2v) is 4.60. The van der Waals surface area contributed by atoms with Crippen LogP contribution < -0.4 is 9.47 Å². The molecular weight excluding hydrogens is 230 g/mol. The second-order valence-electron chi connectivity index (χ2n) is 4.60. The van der Waals surface area contributed by atoms with Crippen LogP contribution in [0.4, 0.5) is 0 Å². The summed E-state index contributed by atoms with van der Waals surface area (Å²) in [4.78, 5) is 13.5. The Morgan fingerprint density at radius 2 is 1.78 bits per heavy atom. The van der Waals surface area contributed by atoms with Gasteiger partial charge in [-0.3, -0.25) is 4.79 Å².